The fraction of sp³-hybridized carbons (Fsp3) is 0.474. The molecule has 0 amide bonds. The maximum absolute atomic E-state index is 6.08. The summed E-state index contributed by atoms with van der Waals surface area (Å²) in [6.45, 7) is 0. The lowest BCUT2D eigenvalue weighted by molar-refractivity contribution is 0.292. The zero-order valence-electron chi connectivity index (χ0n) is 13.1. The van der Waals surface area contributed by atoms with Crippen molar-refractivity contribution in [2.45, 2.75) is 37.6 Å². The number of methoxy groups -OCH3 is 1. The van der Waals surface area contributed by atoms with Crippen molar-refractivity contribution in [2.24, 2.45) is 11.8 Å². The number of hydrogen-bond acceptors (Lipinski definition) is 3. The van der Waals surface area contributed by atoms with E-state index in [9.17, 15) is 0 Å². The van der Waals surface area contributed by atoms with Gasteiger partial charge in [-0.3, -0.25) is 0 Å². The van der Waals surface area contributed by atoms with Crippen LogP contribution >= 0.6 is 0 Å². The molecule has 2 aliphatic carbocycles. The maximum atomic E-state index is 6.08. The Kier molecular flexibility index (Phi) is 3.36. The predicted molar refractivity (Wildman–Crippen MR) is 91.3 cm³/mol. The number of ether oxygens (including phenoxy) is 1. The summed E-state index contributed by atoms with van der Waals surface area (Å²) in [7, 11) is 1.73. The molecule has 4 atom stereocenters. The van der Waals surface area contributed by atoms with E-state index in [1.54, 1.807) is 7.11 Å². The molecular weight excluding hydrogens is 272 g/mol. The summed E-state index contributed by atoms with van der Waals surface area (Å²) in [4.78, 5) is 0. The first-order valence-electron chi connectivity index (χ1n) is 8.33. The van der Waals surface area contributed by atoms with Gasteiger partial charge < -0.3 is 15.8 Å². The van der Waals surface area contributed by atoms with E-state index in [0.717, 1.165) is 17.1 Å². The van der Waals surface area contributed by atoms with E-state index in [2.05, 4.69) is 35.7 Å². The van der Waals surface area contributed by atoms with E-state index < -0.39 is 0 Å². The summed E-state index contributed by atoms with van der Waals surface area (Å²) >= 11 is 0. The highest BCUT2D eigenvalue weighted by Crippen LogP contribution is 2.51. The van der Waals surface area contributed by atoms with Crippen LogP contribution in [0.2, 0.25) is 0 Å². The molecule has 0 fully saturated rings. The van der Waals surface area contributed by atoms with Gasteiger partial charge >= 0.3 is 0 Å². The van der Waals surface area contributed by atoms with Gasteiger partial charge in [-0.05, 0) is 49.1 Å². The Labute approximate surface area is 132 Å². The first kappa shape index (κ1) is 13.7. The Hall–Kier alpha value is -1.90. The highest BCUT2D eigenvalue weighted by atomic mass is 16.5. The number of fused-ring (bicyclic) bond motifs is 3. The van der Waals surface area contributed by atoms with Crippen LogP contribution in [0.5, 0.6) is 5.75 Å². The number of rotatable bonds is 2. The molecule has 3 N–H and O–H groups in total. The van der Waals surface area contributed by atoms with Gasteiger partial charge in [-0.25, -0.2) is 0 Å². The molecule has 3 nitrogen and oxygen atoms in total. The number of hydrogen-bond donors (Lipinski definition) is 2. The molecule has 0 radical (unpaired) electrons. The summed E-state index contributed by atoms with van der Waals surface area (Å²) in [6, 6.07) is 4.58. The number of nitrogens with one attached hydrogen (secondary N) is 1. The van der Waals surface area contributed by atoms with Gasteiger partial charge in [0.1, 0.15) is 5.75 Å². The van der Waals surface area contributed by atoms with Gasteiger partial charge in [0.25, 0.3) is 0 Å². The van der Waals surface area contributed by atoms with Crippen molar-refractivity contribution < 1.29 is 4.74 Å². The van der Waals surface area contributed by atoms with Crippen LogP contribution in [-0.2, 0) is 0 Å². The van der Waals surface area contributed by atoms with E-state index in [1.807, 2.05) is 6.07 Å². The van der Waals surface area contributed by atoms with Gasteiger partial charge in [-0.15, -0.1) is 0 Å². The monoisotopic (exact) mass is 296 g/mol. The number of nitrogens with two attached hydrogens (primary N) is 1. The van der Waals surface area contributed by atoms with Crippen molar-refractivity contribution in [1.82, 2.24) is 0 Å². The van der Waals surface area contributed by atoms with Gasteiger partial charge in [-0.2, -0.15) is 0 Å². The van der Waals surface area contributed by atoms with Crippen LogP contribution in [-0.4, -0.2) is 13.2 Å². The van der Waals surface area contributed by atoms with Crippen molar-refractivity contribution in [2.75, 3.05) is 18.2 Å². The van der Waals surface area contributed by atoms with Gasteiger partial charge in [0.05, 0.1) is 12.8 Å². The third-order valence-electron chi connectivity index (χ3n) is 5.54. The van der Waals surface area contributed by atoms with E-state index in [-0.39, 0.29) is 0 Å². The molecule has 1 aromatic rings. The fourth-order valence-corrected chi connectivity index (χ4v) is 4.50. The predicted octanol–water partition coefficient (Wildman–Crippen LogP) is 4.09. The summed E-state index contributed by atoms with van der Waals surface area (Å²) in [6.07, 6.45) is 14.2. The van der Waals surface area contributed by atoms with E-state index in [4.69, 9.17) is 10.5 Å². The molecule has 0 spiro atoms. The molecule has 22 heavy (non-hydrogen) atoms. The third-order valence-corrected chi connectivity index (χ3v) is 5.54. The highest BCUT2D eigenvalue weighted by molar-refractivity contribution is 5.71. The van der Waals surface area contributed by atoms with E-state index >= 15 is 0 Å². The number of nitrogen functional groups attached to an aromatic ring is 1. The zero-order valence-corrected chi connectivity index (χ0v) is 13.1. The van der Waals surface area contributed by atoms with Crippen molar-refractivity contribution in [3.8, 4) is 5.75 Å². The Morgan fingerprint density at radius 2 is 2.09 bits per heavy atom. The molecule has 0 saturated carbocycles. The molecule has 0 bridgehead atoms. The van der Waals surface area contributed by atoms with Crippen LogP contribution in [0.25, 0.3) is 0 Å². The first-order valence-corrected chi connectivity index (χ1v) is 8.33. The Bertz CT molecular complexity index is 635. The van der Waals surface area contributed by atoms with E-state index in [0.29, 0.717) is 23.8 Å². The molecule has 1 heterocycles. The largest absolute Gasteiger partial charge is 0.495 e. The summed E-state index contributed by atoms with van der Waals surface area (Å²) < 4.78 is 5.60. The Balaban J connectivity index is 1.76. The minimum atomic E-state index is 0.476. The number of allylic oxidation sites excluding steroid dienone is 4. The molecular formula is C19H24N2O. The van der Waals surface area contributed by atoms with Crippen LogP contribution in [0.15, 0.2) is 36.4 Å². The van der Waals surface area contributed by atoms with Gasteiger partial charge in [0.2, 0.25) is 0 Å². The summed E-state index contributed by atoms with van der Waals surface area (Å²) in [5.74, 6) is 2.72. The molecule has 116 valence electrons. The second kappa shape index (κ2) is 5.38. The molecule has 3 heteroatoms. The molecule has 1 aliphatic heterocycles. The Morgan fingerprint density at radius 3 is 2.86 bits per heavy atom. The van der Waals surface area contributed by atoms with Crippen molar-refractivity contribution >= 4 is 11.4 Å². The summed E-state index contributed by atoms with van der Waals surface area (Å²) in [5.41, 5.74) is 9.33. The van der Waals surface area contributed by atoms with Gasteiger partial charge in [0, 0.05) is 23.7 Å². The van der Waals surface area contributed by atoms with Gasteiger partial charge in [-0.1, -0.05) is 24.3 Å². The van der Waals surface area contributed by atoms with Crippen LogP contribution in [0.4, 0.5) is 11.4 Å². The Morgan fingerprint density at radius 1 is 1.18 bits per heavy atom. The molecule has 0 saturated heterocycles. The fourth-order valence-electron chi connectivity index (χ4n) is 4.50. The maximum Gasteiger partial charge on any atom is 0.144 e. The second-order valence-corrected chi connectivity index (χ2v) is 6.76. The van der Waals surface area contributed by atoms with Crippen molar-refractivity contribution in [3.05, 3.63) is 42.0 Å². The topological polar surface area (TPSA) is 47.3 Å². The summed E-state index contributed by atoms with van der Waals surface area (Å²) in [5, 5.41) is 3.83. The zero-order chi connectivity index (χ0) is 15.1. The van der Waals surface area contributed by atoms with Crippen molar-refractivity contribution in [3.63, 3.8) is 0 Å². The minimum absolute atomic E-state index is 0.476. The van der Waals surface area contributed by atoms with Crippen LogP contribution in [0.3, 0.4) is 0 Å². The van der Waals surface area contributed by atoms with Crippen LogP contribution in [0.1, 0.15) is 37.2 Å². The number of anilines is 2. The molecule has 4 rings (SSSR count). The lowest BCUT2D eigenvalue weighted by Crippen LogP contribution is -2.42. The molecule has 4 unspecified atom stereocenters. The molecule has 3 aliphatic rings. The average molecular weight is 296 g/mol. The normalized spacial score (nSPS) is 32.2. The molecule has 1 aromatic carbocycles. The third kappa shape index (κ3) is 2.11. The van der Waals surface area contributed by atoms with Crippen LogP contribution < -0.4 is 15.8 Å². The lowest BCUT2D eigenvalue weighted by atomic mass is 9.72. The minimum Gasteiger partial charge on any atom is -0.495 e. The standard InChI is InChI=1S/C19H24N2O/c1-22-17-11-13(20)10-16-14-8-5-9-15(14)18(21-19(16)17)12-6-3-2-4-7-12/h2-3,5,8,10-12,14-15,18,21H,4,6-7,9,20H2,1H3. The van der Waals surface area contributed by atoms with E-state index in [1.165, 1.54) is 31.2 Å². The quantitative estimate of drug-likeness (QED) is 0.638. The van der Waals surface area contributed by atoms with Crippen molar-refractivity contribution in [1.29, 1.82) is 0 Å². The second-order valence-electron chi connectivity index (χ2n) is 6.76. The average Bonchev–Trinajstić information content (AvgIpc) is 3.04. The number of benzene rings is 1. The van der Waals surface area contributed by atoms with Gasteiger partial charge in [0.15, 0.2) is 0 Å². The SMILES string of the molecule is COc1cc(N)cc2c1NC(C1CC=CCC1)C1CC=CC21. The highest BCUT2D eigenvalue weighted by Gasteiger charge is 2.41. The first-order chi connectivity index (χ1) is 10.8. The lowest BCUT2D eigenvalue weighted by Gasteiger charge is -2.42. The van der Waals surface area contributed by atoms with Crippen LogP contribution in [0, 0.1) is 11.8 Å². The molecule has 0 aromatic heterocycles. The smallest absolute Gasteiger partial charge is 0.144 e.